The molecule has 1 rings (SSSR count). The van der Waals surface area contributed by atoms with E-state index in [2.05, 4.69) is 19.2 Å². The Balaban J connectivity index is 2.36. The molecule has 104 valence electrons. The third-order valence-corrected chi connectivity index (χ3v) is 3.04. The van der Waals surface area contributed by atoms with Crippen LogP contribution in [0.3, 0.4) is 0 Å². The molecular formula is C16H24N2O. The summed E-state index contributed by atoms with van der Waals surface area (Å²) in [7, 11) is 0. The number of hydrogen-bond acceptors (Lipinski definition) is 3. The van der Waals surface area contributed by atoms with Crippen LogP contribution in [0.2, 0.25) is 0 Å². The van der Waals surface area contributed by atoms with E-state index in [9.17, 15) is 0 Å². The lowest BCUT2D eigenvalue weighted by Crippen LogP contribution is -2.14. The Bertz CT molecular complexity index is 398. The van der Waals surface area contributed by atoms with Gasteiger partial charge < -0.3 is 10.1 Å². The monoisotopic (exact) mass is 260 g/mol. The fourth-order valence-electron chi connectivity index (χ4n) is 2.03. The number of ether oxygens (including phenoxy) is 1. The minimum absolute atomic E-state index is 0.0933. The number of benzene rings is 1. The van der Waals surface area contributed by atoms with E-state index in [4.69, 9.17) is 10.00 Å². The quantitative estimate of drug-likeness (QED) is 0.671. The molecule has 0 aliphatic carbocycles. The number of nitrogens with zero attached hydrogens (tertiary/aromatic N) is 1. The van der Waals surface area contributed by atoms with Crippen LogP contribution in [0.4, 0.5) is 5.69 Å². The maximum atomic E-state index is 8.49. The highest BCUT2D eigenvalue weighted by molar-refractivity contribution is 5.48. The van der Waals surface area contributed by atoms with E-state index in [-0.39, 0.29) is 6.61 Å². The van der Waals surface area contributed by atoms with Crippen LogP contribution in [-0.4, -0.2) is 12.6 Å². The maximum Gasteiger partial charge on any atom is 0.174 e. The van der Waals surface area contributed by atoms with Crippen molar-refractivity contribution < 1.29 is 4.74 Å². The van der Waals surface area contributed by atoms with Gasteiger partial charge in [-0.2, -0.15) is 5.26 Å². The lowest BCUT2D eigenvalue weighted by atomic mass is 10.1. The van der Waals surface area contributed by atoms with E-state index >= 15 is 0 Å². The van der Waals surface area contributed by atoms with E-state index in [0.29, 0.717) is 6.04 Å². The molecule has 0 aliphatic heterocycles. The van der Waals surface area contributed by atoms with E-state index in [1.807, 2.05) is 30.3 Å². The van der Waals surface area contributed by atoms with Gasteiger partial charge in [-0.25, -0.2) is 0 Å². The van der Waals surface area contributed by atoms with Gasteiger partial charge in [0, 0.05) is 17.8 Å². The third kappa shape index (κ3) is 6.71. The molecule has 1 unspecified atom stereocenters. The van der Waals surface area contributed by atoms with Gasteiger partial charge in [0.25, 0.3) is 0 Å². The van der Waals surface area contributed by atoms with E-state index in [1.54, 1.807) is 0 Å². The van der Waals surface area contributed by atoms with Crippen molar-refractivity contribution in [3.63, 3.8) is 0 Å². The molecule has 1 atom stereocenters. The van der Waals surface area contributed by atoms with Crippen molar-refractivity contribution >= 4 is 5.69 Å². The molecule has 19 heavy (non-hydrogen) atoms. The first-order valence-corrected chi connectivity index (χ1v) is 7.12. The molecule has 0 spiro atoms. The summed E-state index contributed by atoms with van der Waals surface area (Å²) in [4.78, 5) is 0. The first kappa shape index (κ1) is 15.4. The van der Waals surface area contributed by atoms with Crippen LogP contribution in [0.1, 0.15) is 46.0 Å². The van der Waals surface area contributed by atoms with Crippen LogP contribution in [0, 0.1) is 11.3 Å². The van der Waals surface area contributed by atoms with Gasteiger partial charge in [0.2, 0.25) is 0 Å². The zero-order valence-corrected chi connectivity index (χ0v) is 12.0. The topological polar surface area (TPSA) is 45.0 Å². The standard InChI is InChI=1S/C16H24N2O/c1-3-4-5-6-8-14(2)18-15-9-7-10-16(13-15)19-12-11-17/h7,9-10,13-14,18H,3-6,8,12H2,1-2H3. The fraction of sp³-hybridized carbons (Fsp3) is 0.562. The molecule has 0 amide bonds. The molecule has 0 fully saturated rings. The van der Waals surface area contributed by atoms with Gasteiger partial charge in [-0.05, 0) is 25.5 Å². The van der Waals surface area contributed by atoms with Crippen molar-refractivity contribution in [3.8, 4) is 11.8 Å². The SMILES string of the molecule is CCCCCCC(C)Nc1cccc(OCC#N)c1. The molecule has 0 saturated heterocycles. The number of unbranched alkanes of at least 4 members (excludes halogenated alkanes) is 3. The molecule has 0 aliphatic rings. The molecule has 0 radical (unpaired) electrons. The highest BCUT2D eigenvalue weighted by atomic mass is 16.5. The van der Waals surface area contributed by atoms with E-state index in [1.165, 1.54) is 32.1 Å². The Labute approximate surface area is 116 Å². The second kappa shape index (κ2) is 9.27. The molecule has 3 heteroatoms. The Morgan fingerprint density at radius 3 is 2.89 bits per heavy atom. The van der Waals surface area contributed by atoms with Crippen LogP contribution in [-0.2, 0) is 0 Å². The minimum atomic E-state index is 0.0933. The molecular weight excluding hydrogens is 236 g/mol. The Morgan fingerprint density at radius 1 is 1.32 bits per heavy atom. The molecule has 0 bridgehead atoms. The Morgan fingerprint density at radius 2 is 2.16 bits per heavy atom. The van der Waals surface area contributed by atoms with Crippen LogP contribution in [0.15, 0.2) is 24.3 Å². The lowest BCUT2D eigenvalue weighted by Gasteiger charge is -2.15. The van der Waals surface area contributed by atoms with Crippen molar-refractivity contribution in [2.75, 3.05) is 11.9 Å². The first-order chi connectivity index (χ1) is 9.26. The highest BCUT2D eigenvalue weighted by Crippen LogP contribution is 2.19. The predicted octanol–water partition coefficient (Wildman–Crippen LogP) is 4.36. The van der Waals surface area contributed by atoms with Crippen molar-refractivity contribution in [1.29, 1.82) is 5.26 Å². The van der Waals surface area contributed by atoms with Crippen LogP contribution in [0.25, 0.3) is 0 Å². The van der Waals surface area contributed by atoms with Crippen molar-refractivity contribution in [3.05, 3.63) is 24.3 Å². The summed E-state index contributed by atoms with van der Waals surface area (Å²) < 4.78 is 5.29. The maximum absolute atomic E-state index is 8.49. The summed E-state index contributed by atoms with van der Waals surface area (Å²) in [6.45, 7) is 4.53. The van der Waals surface area contributed by atoms with E-state index in [0.717, 1.165) is 11.4 Å². The minimum Gasteiger partial charge on any atom is -0.479 e. The second-order valence-corrected chi connectivity index (χ2v) is 4.87. The molecule has 1 aromatic carbocycles. The first-order valence-electron chi connectivity index (χ1n) is 7.12. The van der Waals surface area contributed by atoms with Gasteiger partial charge in [0.05, 0.1) is 0 Å². The molecule has 0 aromatic heterocycles. The summed E-state index contributed by atoms with van der Waals surface area (Å²) in [5.41, 5.74) is 1.05. The fourth-order valence-corrected chi connectivity index (χ4v) is 2.03. The molecule has 0 saturated carbocycles. The Hall–Kier alpha value is -1.69. The zero-order chi connectivity index (χ0) is 13.9. The largest absolute Gasteiger partial charge is 0.479 e. The normalized spacial score (nSPS) is 11.6. The van der Waals surface area contributed by atoms with Crippen molar-refractivity contribution in [2.24, 2.45) is 0 Å². The van der Waals surface area contributed by atoms with Crippen molar-refractivity contribution in [2.45, 2.75) is 52.0 Å². The third-order valence-electron chi connectivity index (χ3n) is 3.04. The molecule has 1 N–H and O–H groups in total. The number of rotatable bonds is 9. The summed E-state index contributed by atoms with van der Waals surface area (Å²) >= 11 is 0. The highest BCUT2D eigenvalue weighted by Gasteiger charge is 2.03. The predicted molar refractivity (Wildman–Crippen MR) is 79.4 cm³/mol. The van der Waals surface area contributed by atoms with Gasteiger partial charge in [-0.15, -0.1) is 0 Å². The molecule has 3 nitrogen and oxygen atoms in total. The van der Waals surface area contributed by atoms with Crippen LogP contribution >= 0.6 is 0 Å². The average Bonchev–Trinajstić information content (AvgIpc) is 2.42. The molecule has 1 aromatic rings. The van der Waals surface area contributed by atoms with Gasteiger partial charge in [-0.1, -0.05) is 38.7 Å². The van der Waals surface area contributed by atoms with Crippen molar-refractivity contribution in [1.82, 2.24) is 0 Å². The average molecular weight is 260 g/mol. The summed E-state index contributed by atoms with van der Waals surface area (Å²) in [6, 6.07) is 10.2. The van der Waals surface area contributed by atoms with E-state index < -0.39 is 0 Å². The van der Waals surface area contributed by atoms with Gasteiger partial charge in [0.15, 0.2) is 6.61 Å². The van der Waals surface area contributed by atoms with Gasteiger partial charge in [-0.3, -0.25) is 0 Å². The number of hydrogen-bond donors (Lipinski definition) is 1. The second-order valence-electron chi connectivity index (χ2n) is 4.87. The summed E-state index contributed by atoms with van der Waals surface area (Å²) in [5.74, 6) is 0.740. The number of nitriles is 1. The van der Waals surface area contributed by atoms with Gasteiger partial charge >= 0.3 is 0 Å². The van der Waals surface area contributed by atoms with Gasteiger partial charge in [0.1, 0.15) is 11.8 Å². The number of nitrogens with one attached hydrogen (secondary N) is 1. The van der Waals surface area contributed by atoms with Crippen LogP contribution < -0.4 is 10.1 Å². The summed E-state index contributed by atoms with van der Waals surface area (Å²) in [6.07, 6.45) is 6.37. The smallest absolute Gasteiger partial charge is 0.174 e. The molecule has 0 heterocycles. The number of anilines is 1. The summed E-state index contributed by atoms with van der Waals surface area (Å²) in [5, 5.41) is 12.0. The Kier molecular flexibility index (Phi) is 7.50. The zero-order valence-electron chi connectivity index (χ0n) is 12.0. The lowest BCUT2D eigenvalue weighted by molar-refractivity contribution is 0.368. The van der Waals surface area contributed by atoms with Crippen LogP contribution in [0.5, 0.6) is 5.75 Å².